The average Bonchev–Trinajstić information content (AvgIpc) is 2.64. The first-order valence-corrected chi connectivity index (χ1v) is 8.49. The summed E-state index contributed by atoms with van der Waals surface area (Å²) in [7, 11) is 0. The van der Waals surface area contributed by atoms with Crippen LogP contribution >= 0.6 is 0 Å². The van der Waals surface area contributed by atoms with Crippen LogP contribution in [0.2, 0.25) is 0 Å². The summed E-state index contributed by atoms with van der Waals surface area (Å²) in [6, 6.07) is 0.770. The molecule has 1 aliphatic heterocycles. The third-order valence-electron chi connectivity index (χ3n) is 4.50. The Labute approximate surface area is 154 Å². The molecular formula is C17H24F3N3O4. The maximum absolute atomic E-state index is 13.4. The van der Waals surface area contributed by atoms with E-state index in [2.05, 4.69) is 0 Å². The second-order valence-corrected chi connectivity index (χ2v) is 6.42. The zero-order valence-corrected chi connectivity index (χ0v) is 14.6. The normalized spacial score (nSPS) is 26.3. The SMILES string of the molecule is N/C(=C\N(N)C1CC(CCCO)OC(CO)C1O)c1cc(F)c(F)c(F)c1. The van der Waals surface area contributed by atoms with Crippen LogP contribution in [0.4, 0.5) is 13.2 Å². The minimum atomic E-state index is -1.60. The highest BCUT2D eigenvalue weighted by Crippen LogP contribution is 2.27. The van der Waals surface area contributed by atoms with Gasteiger partial charge in [0.2, 0.25) is 0 Å². The molecule has 0 saturated carbocycles. The fourth-order valence-electron chi connectivity index (χ4n) is 3.05. The average molecular weight is 391 g/mol. The van der Waals surface area contributed by atoms with Crippen LogP contribution in [0.1, 0.15) is 24.8 Å². The van der Waals surface area contributed by atoms with Gasteiger partial charge in [0.25, 0.3) is 0 Å². The molecule has 1 fully saturated rings. The molecule has 0 aliphatic carbocycles. The van der Waals surface area contributed by atoms with Gasteiger partial charge in [0.1, 0.15) is 12.2 Å². The number of benzene rings is 1. The molecule has 152 valence electrons. The van der Waals surface area contributed by atoms with Crippen molar-refractivity contribution in [1.29, 1.82) is 0 Å². The van der Waals surface area contributed by atoms with Gasteiger partial charge in [0, 0.05) is 18.4 Å². The Morgan fingerprint density at radius 2 is 1.89 bits per heavy atom. The Hall–Kier alpha value is -1.85. The number of hydrazine groups is 1. The highest BCUT2D eigenvalue weighted by atomic mass is 19.2. The van der Waals surface area contributed by atoms with Crippen LogP contribution in [0.5, 0.6) is 0 Å². The Balaban J connectivity index is 2.20. The summed E-state index contributed by atoms with van der Waals surface area (Å²) >= 11 is 0. The van der Waals surface area contributed by atoms with E-state index < -0.39 is 42.3 Å². The second-order valence-electron chi connectivity index (χ2n) is 6.42. The number of nitrogens with two attached hydrogens (primary N) is 2. The molecule has 0 radical (unpaired) electrons. The number of rotatable bonds is 7. The van der Waals surface area contributed by atoms with Gasteiger partial charge in [-0.25, -0.2) is 19.0 Å². The summed E-state index contributed by atoms with van der Waals surface area (Å²) in [4.78, 5) is 0. The van der Waals surface area contributed by atoms with Gasteiger partial charge >= 0.3 is 0 Å². The third-order valence-corrected chi connectivity index (χ3v) is 4.50. The number of halogens is 3. The molecule has 4 atom stereocenters. The van der Waals surface area contributed by atoms with Crippen molar-refractivity contribution in [3.05, 3.63) is 41.3 Å². The van der Waals surface area contributed by atoms with Gasteiger partial charge in [-0.05, 0) is 31.4 Å². The molecule has 10 heteroatoms. The number of hydrogen-bond donors (Lipinski definition) is 5. The summed E-state index contributed by atoms with van der Waals surface area (Å²) in [5, 5.41) is 29.8. The Kier molecular flexibility index (Phi) is 7.45. The van der Waals surface area contributed by atoms with Crippen LogP contribution in [0.3, 0.4) is 0 Å². The van der Waals surface area contributed by atoms with Crippen molar-refractivity contribution >= 4 is 5.70 Å². The van der Waals surface area contributed by atoms with Crippen LogP contribution in [0.15, 0.2) is 18.3 Å². The lowest BCUT2D eigenvalue weighted by molar-refractivity contribution is -0.163. The van der Waals surface area contributed by atoms with Gasteiger partial charge in [-0.15, -0.1) is 0 Å². The number of aliphatic hydroxyl groups is 3. The number of nitrogens with zero attached hydrogens (tertiary/aromatic N) is 1. The van der Waals surface area contributed by atoms with E-state index in [0.717, 1.165) is 17.1 Å². The van der Waals surface area contributed by atoms with E-state index in [1.807, 2.05) is 0 Å². The maximum atomic E-state index is 13.4. The third kappa shape index (κ3) is 5.11. The van der Waals surface area contributed by atoms with Crippen molar-refractivity contribution in [2.75, 3.05) is 13.2 Å². The highest BCUT2D eigenvalue weighted by Gasteiger charge is 2.39. The van der Waals surface area contributed by atoms with Gasteiger partial charge in [-0.1, -0.05) is 0 Å². The highest BCUT2D eigenvalue weighted by molar-refractivity contribution is 5.62. The zero-order valence-electron chi connectivity index (χ0n) is 14.6. The lowest BCUT2D eigenvalue weighted by atomic mass is 9.93. The van der Waals surface area contributed by atoms with Gasteiger partial charge in [-0.2, -0.15) is 0 Å². The van der Waals surface area contributed by atoms with E-state index in [4.69, 9.17) is 21.4 Å². The molecule has 7 N–H and O–H groups in total. The van der Waals surface area contributed by atoms with Crippen molar-refractivity contribution in [3.8, 4) is 0 Å². The molecule has 2 rings (SSSR count). The second kappa shape index (κ2) is 9.38. The van der Waals surface area contributed by atoms with Gasteiger partial charge < -0.3 is 30.8 Å². The standard InChI is InChI=1S/C17H24F3N3O4/c18-11-4-9(5-12(19)16(11)20)13(21)7-23(22)14-6-10(2-1-3-24)27-15(8-25)17(14)26/h4-5,7,10,14-15,17,24-26H,1-3,6,8,21-22H2/b13-7-. The van der Waals surface area contributed by atoms with E-state index in [0.29, 0.717) is 12.8 Å². The fraction of sp³-hybridized carbons (Fsp3) is 0.529. The van der Waals surface area contributed by atoms with Crippen molar-refractivity contribution in [2.45, 2.75) is 43.6 Å². The van der Waals surface area contributed by atoms with Gasteiger partial charge in [-0.3, -0.25) is 0 Å². The summed E-state index contributed by atoms with van der Waals surface area (Å²) in [6.07, 6.45) is 0.0430. The molecule has 1 saturated heterocycles. The largest absolute Gasteiger partial charge is 0.397 e. The van der Waals surface area contributed by atoms with Crippen LogP contribution < -0.4 is 11.6 Å². The summed E-state index contributed by atoms with van der Waals surface area (Å²) < 4.78 is 45.4. The molecule has 0 bridgehead atoms. The predicted octanol–water partition coefficient (Wildman–Crippen LogP) is 0.189. The first-order chi connectivity index (χ1) is 12.8. The lowest BCUT2D eigenvalue weighted by Crippen LogP contribution is -2.57. The molecule has 0 amide bonds. The first-order valence-electron chi connectivity index (χ1n) is 8.49. The smallest absolute Gasteiger partial charge is 0.194 e. The van der Waals surface area contributed by atoms with Crippen LogP contribution in [-0.4, -0.2) is 57.9 Å². The number of aliphatic hydroxyl groups excluding tert-OH is 3. The van der Waals surface area contributed by atoms with Crippen molar-refractivity contribution in [3.63, 3.8) is 0 Å². The monoisotopic (exact) mass is 391 g/mol. The summed E-state index contributed by atoms with van der Waals surface area (Å²) in [5.74, 6) is 1.58. The molecule has 1 aromatic carbocycles. The van der Waals surface area contributed by atoms with Gasteiger partial charge in [0.15, 0.2) is 17.5 Å². The van der Waals surface area contributed by atoms with E-state index in [-0.39, 0.29) is 30.4 Å². The van der Waals surface area contributed by atoms with Crippen LogP contribution in [0, 0.1) is 17.5 Å². The molecule has 0 spiro atoms. The van der Waals surface area contributed by atoms with E-state index in [1.165, 1.54) is 6.20 Å². The van der Waals surface area contributed by atoms with Crippen LogP contribution in [-0.2, 0) is 4.74 Å². The van der Waals surface area contributed by atoms with Crippen molar-refractivity contribution < 1.29 is 33.2 Å². The number of ether oxygens (including phenoxy) is 1. The van der Waals surface area contributed by atoms with E-state index >= 15 is 0 Å². The maximum Gasteiger partial charge on any atom is 0.194 e. The zero-order chi connectivity index (χ0) is 20.1. The van der Waals surface area contributed by atoms with Crippen molar-refractivity contribution in [2.24, 2.45) is 11.6 Å². The topological polar surface area (TPSA) is 125 Å². The molecule has 1 heterocycles. The molecule has 0 aromatic heterocycles. The predicted molar refractivity (Wildman–Crippen MR) is 91.0 cm³/mol. The molecule has 7 nitrogen and oxygen atoms in total. The fourth-order valence-corrected chi connectivity index (χ4v) is 3.05. The Bertz CT molecular complexity index is 654. The Morgan fingerprint density at radius 3 is 2.44 bits per heavy atom. The summed E-state index contributed by atoms with van der Waals surface area (Å²) in [5.41, 5.74) is 5.56. The quantitative estimate of drug-likeness (QED) is 0.255. The van der Waals surface area contributed by atoms with E-state index in [1.54, 1.807) is 0 Å². The minimum Gasteiger partial charge on any atom is -0.397 e. The lowest BCUT2D eigenvalue weighted by Gasteiger charge is -2.42. The molecule has 1 aliphatic rings. The molecular weight excluding hydrogens is 367 g/mol. The number of hydrogen-bond acceptors (Lipinski definition) is 7. The molecule has 1 aromatic rings. The molecule has 4 unspecified atom stereocenters. The van der Waals surface area contributed by atoms with Gasteiger partial charge in [0.05, 0.1) is 24.4 Å². The first kappa shape index (κ1) is 21.5. The molecule has 27 heavy (non-hydrogen) atoms. The van der Waals surface area contributed by atoms with Crippen molar-refractivity contribution in [1.82, 2.24) is 5.01 Å². The van der Waals surface area contributed by atoms with E-state index in [9.17, 15) is 23.4 Å². The summed E-state index contributed by atoms with van der Waals surface area (Å²) in [6.45, 7) is -0.466. The minimum absolute atomic E-state index is 0.0300. The Morgan fingerprint density at radius 1 is 1.26 bits per heavy atom. The van der Waals surface area contributed by atoms with Crippen LogP contribution in [0.25, 0.3) is 5.70 Å².